The summed E-state index contributed by atoms with van der Waals surface area (Å²) in [5, 5.41) is 0. The summed E-state index contributed by atoms with van der Waals surface area (Å²) in [4.78, 5) is 12.0. The number of benzene rings is 1. The fourth-order valence-electron chi connectivity index (χ4n) is 1.13. The second-order valence-electron chi connectivity index (χ2n) is 3.22. The molecule has 0 heterocycles. The highest BCUT2D eigenvalue weighted by atomic mass is 79.9. The Balaban J connectivity index is 2.35. The van der Waals surface area contributed by atoms with Crippen molar-refractivity contribution in [2.75, 3.05) is 18.6 Å². The first kappa shape index (κ1) is 13.4. The standard InChI is InChI=1S/C11H14BrNO2S/c1-15-11(14)3-2-6-16-10-5-4-8(13)7-9(10)12/h4-5,7H,2-3,6,13H2,1H3. The third kappa shape index (κ3) is 4.45. The van der Waals surface area contributed by atoms with Gasteiger partial charge in [-0.1, -0.05) is 0 Å². The van der Waals surface area contributed by atoms with E-state index in [-0.39, 0.29) is 5.97 Å². The molecule has 1 aromatic rings. The van der Waals surface area contributed by atoms with E-state index >= 15 is 0 Å². The van der Waals surface area contributed by atoms with Crippen LogP contribution in [0.1, 0.15) is 12.8 Å². The van der Waals surface area contributed by atoms with Gasteiger partial charge in [0.25, 0.3) is 0 Å². The van der Waals surface area contributed by atoms with Gasteiger partial charge in [-0.3, -0.25) is 4.79 Å². The van der Waals surface area contributed by atoms with Gasteiger partial charge in [-0.15, -0.1) is 11.8 Å². The Bertz CT molecular complexity index is 371. The minimum Gasteiger partial charge on any atom is -0.469 e. The number of carbonyl (C=O) groups is 1. The fourth-order valence-corrected chi connectivity index (χ4v) is 2.74. The van der Waals surface area contributed by atoms with Crippen LogP contribution >= 0.6 is 27.7 Å². The summed E-state index contributed by atoms with van der Waals surface area (Å²) in [6.45, 7) is 0. The summed E-state index contributed by atoms with van der Waals surface area (Å²) in [7, 11) is 1.41. The van der Waals surface area contributed by atoms with Crippen LogP contribution in [0.2, 0.25) is 0 Å². The molecule has 88 valence electrons. The van der Waals surface area contributed by atoms with Gasteiger partial charge in [-0.2, -0.15) is 0 Å². The third-order valence-corrected chi connectivity index (χ3v) is 4.04. The predicted octanol–water partition coefficient (Wildman–Crippen LogP) is 3.08. The van der Waals surface area contributed by atoms with E-state index in [1.165, 1.54) is 7.11 Å². The summed E-state index contributed by atoms with van der Waals surface area (Å²) < 4.78 is 5.56. The number of nitrogens with two attached hydrogens (primary N) is 1. The zero-order valence-electron chi connectivity index (χ0n) is 9.03. The summed E-state index contributed by atoms with van der Waals surface area (Å²) in [6, 6.07) is 5.72. The average Bonchev–Trinajstić information content (AvgIpc) is 2.26. The van der Waals surface area contributed by atoms with Crippen LogP contribution < -0.4 is 5.73 Å². The highest BCUT2D eigenvalue weighted by Gasteiger charge is 2.03. The van der Waals surface area contributed by atoms with Gasteiger partial charge in [0.15, 0.2) is 0 Å². The minimum atomic E-state index is -0.156. The number of rotatable bonds is 5. The second kappa shape index (κ2) is 6.81. The van der Waals surface area contributed by atoms with E-state index in [2.05, 4.69) is 20.7 Å². The molecule has 0 atom stereocenters. The second-order valence-corrected chi connectivity index (χ2v) is 5.21. The summed E-state index contributed by atoms with van der Waals surface area (Å²) >= 11 is 5.15. The van der Waals surface area contributed by atoms with Crippen molar-refractivity contribution in [1.82, 2.24) is 0 Å². The highest BCUT2D eigenvalue weighted by Crippen LogP contribution is 2.29. The van der Waals surface area contributed by atoms with E-state index in [4.69, 9.17) is 5.73 Å². The minimum absolute atomic E-state index is 0.156. The van der Waals surface area contributed by atoms with Crippen molar-refractivity contribution in [3.05, 3.63) is 22.7 Å². The van der Waals surface area contributed by atoms with Crippen molar-refractivity contribution in [1.29, 1.82) is 0 Å². The van der Waals surface area contributed by atoms with Crippen molar-refractivity contribution in [2.45, 2.75) is 17.7 Å². The lowest BCUT2D eigenvalue weighted by molar-refractivity contribution is -0.140. The molecule has 0 aliphatic carbocycles. The molecular weight excluding hydrogens is 290 g/mol. The number of anilines is 1. The first-order chi connectivity index (χ1) is 7.63. The van der Waals surface area contributed by atoms with E-state index in [1.807, 2.05) is 18.2 Å². The predicted molar refractivity (Wildman–Crippen MR) is 70.5 cm³/mol. The number of carbonyl (C=O) groups excluding carboxylic acids is 1. The molecule has 3 nitrogen and oxygen atoms in total. The molecule has 0 aromatic heterocycles. The fraction of sp³-hybridized carbons (Fsp3) is 0.364. The normalized spacial score (nSPS) is 10.1. The molecule has 2 N–H and O–H groups in total. The van der Waals surface area contributed by atoms with Gasteiger partial charge >= 0.3 is 5.97 Å². The lowest BCUT2D eigenvalue weighted by Crippen LogP contribution is -2.00. The molecule has 0 aliphatic rings. The zero-order chi connectivity index (χ0) is 12.0. The molecule has 0 saturated carbocycles. The van der Waals surface area contributed by atoms with Gasteiger partial charge in [0.05, 0.1) is 7.11 Å². The number of hydrogen-bond acceptors (Lipinski definition) is 4. The van der Waals surface area contributed by atoms with Crippen LogP contribution in [0.3, 0.4) is 0 Å². The van der Waals surface area contributed by atoms with Gasteiger partial charge in [0.1, 0.15) is 0 Å². The Morgan fingerprint density at radius 1 is 1.56 bits per heavy atom. The maximum Gasteiger partial charge on any atom is 0.305 e. The van der Waals surface area contributed by atoms with Crippen LogP contribution in [0.5, 0.6) is 0 Å². The quantitative estimate of drug-likeness (QED) is 0.393. The van der Waals surface area contributed by atoms with Gasteiger partial charge < -0.3 is 10.5 Å². The van der Waals surface area contributed by atoms with E-state index < -0.39 is 0 Å². The third-order valence-electron chi connectivity index (χ3n) is 1.97. The van der Waals surface area contributed by atoms with Crippen LogP contribution in [0.15, 0.2) is 27.6 Å². The van der Waals surface area contributed by atoms with Crippen molar-refractivity contribution < 1.29 is 9.53 Å². The average molecular weight is 304 g/mol. The topological polar surface area (TPSA) is 52.3 Å². The van der Waals surface area contributed by atoms with Crippen LogP contribution in [0.25, 0.3) is 0 Å². The first-order valence-corrected chi connectivity index (χ1v) is 6.66. The number of ether oxygens (including phenoxy) is 1. The Morgan fingerprint density at radius 2 is 2.31 bits per heavy atom. The molecule has 0 fully saturated rings. The maximum absolute atomic E-state index is 10.9. The highest BCUT2D eigenvalue weighted by molar-refractivity contribution is 9.10. The Labute approximate surface area is 108 Å². The van der Waals surface area contributed by atoms with Crippen LogP contribution in [-0.4, -0.2) is 18.8 Å². The molecular formula is C11H14BrNO2S. The smallest absolute Gasteiger partial charge is 0.305 e. The first-order valence-electron chi connectivity index (χ1n) is 4.88. The van der Waals surface area contributed by atoms with Crippen molar-refractivity contribution in [3.8, 4) is 0 Å². The van der Waals surface area contributed by atoms with E-state index in [1.54, 1.807) is 11.8 Å². The Morgan fingerprint density at radius 3 is 2.94 bits per heavy atom. The molecule has 0 amide bonds. The number of halogens is 1. The van der Waals surface area contributed by atoms with Crippen LogP contribution in [-0.2, 0) is 9.53 Å². The largest absolute Gasteiger partial charge is 0.469 e. The number of thioether (sulfide) groups is 1. The molecule has 0 bridgehead atoms. The Kier molecular flexibility index (Phi) is 5.69. The number of nitrogen functional groups attached to an aromatic ring is 1. The molecule has 1 rings (SSSR count). The van der Waals surface area contributed by atoms with E-state index in [0.29, 0.717) is 6.42 Å². The zero-order valence-corrected chi connectivity index (χ0v) is 11.4. The molecule has 16 heavy (non-hydrogen) atoms. The van der Waals surface area contributed by atoms with Gasteiger partial charge in [-0.05, 0) is 46.3 Å². The number of hydrogen-bond donors (Lipinski definition) is 1. The van der Waals surface area contributed by atoms with Crippen LogP contribution in [0, 0.1) is 0 Å². The molecule has 0 saturated heterocycles. The summed E-state index contributed by atoms with van der Waals surface area (Å²) in [5.41, 5.74) is 6.38. The monoisotopic (exact) mass is 303 g/mol. The van der Waals surface area contributed by atoms with E-state index in [0.717, 1.165) is 27.2 Å². The van der Waals surface area contributed by atoms with Crippen molar-refractivity contribution >= 4 is 39.3 Å². The van der Waals surface area contributed by atoms with Gasteiger partial charge in [0.2, 0.25) is 0 Å². The lowest BCUT2D eigenvalue weighted by Gasteiger charge is -2.04. The maximum atomic E-state index is 10.9. The summed E-state index contributed by atoms with van der Waals surface area (Å²) in [6.07, 6.45) is 1.28. The van der Waals surface area contributed by atoms with Gasteiger partial charge in [-0.25, -0.2) is 0 Å². The Hall–Kier alpha value is -0.680. The van der Waals surface area contributed by atoms with E-state index in [9.17, 15) is 4.79 Å². The number of methoxy groups -OCH3 is 1. The molecule has 0 unspecified atom stereocenters. The molecule has 0 spiro atoms. The molecule has 0 aliphatic heterocycles. The van der Waals surface area contributed by atoms with Crippen LogP contribution in [0.4, 0.5) is 5.69 Å². The van der Waals surface area contributed by atoms with Crippen molar-refractivity contribution in [3.63, 3.8) is 0 Å². The molecule has 5 heteroatoms. The SMILES string of the molecule is COC(=O)CCCSc1ccc(N)cc1Br. The molecule has 0 radical (unpaired) electrons. The van der Waals surface area contributed by atoms with Crippen molar-refractivity contribution in [2.24, 2.45) is 0 Å². The summed E-state index contributed by atoms with van der Waals surface area (Å²) in [5.74, 6) is 0.731. The molecule has 1 aromatic carbocycles. The van der Waals surface area contributed by atoms with Gasteiger partial charge in [0, 0.05) is 21.5 Å². The lowest BCUT2D eigenvalue weighted by atomic mass is 10.3. The number of esters is 1.